The van der Waals surface area contributed by atoms with E-state index < -0.39 is 0 Å². The minimum atomic E-state index is 0.0352. The summed E-state index contributed by atoms with van der Waals surface area (Å²) in [5.41, 5.74) is 2.01. The molecule has 1 N–H and O–H groups in total. The highest BCUT2D eigenvalue weighted by atomic mass is 16.3. The van der Waals surface area contributed by atoms with Gasteiger partial charge in [0.05, 0.1) is 23.4 Å². The van der Waals surface area contributed by atoms with E-state index in [1.54, 1.807) is 12.5 Å². The molecule has 4 rings (SSSR count). The SMILES string of the molecule is CNC1CCN(C(=O)c2cc(-c3ccco3)nc3c2cnn3C(C)C)CC1. The summed E-state index contributed by atoms with van der Waals surface area (Å²) < 4.78 is 7.38. The molecule has 27 heavy (non-hydrogen) atoms. The number of pyridine rings is 1. The molecule has 0 aromatic carbocycles. The molecule has 0 unspecified atom stereocenters. The zero-order valence-electron chi connectivity index (χ0n) is 16.0. The summed E-state index contributed by atoms with van der Waals surface area (Å²) in [4.78, 5) is 20.0. The van der Waals surface area contributed by atoms with Gasteiger partial charge in [0.15, 0.2) is 11.4 Å². The Hall–Kier alpha value is -2.67. The molecule has 142 valence electrons. The number of aromatic nitrogens is 3. The Morgan fingerprint density at radius 1 is 1.33 bits per heavy atom. The predicted octanol–water partition coefficient (Wildman–Crippen LogP) is 3.10. The van der Waals surface area contributed by atoms with Crippen molar-refractivity contribution in [1.82, 2.24) is 25.0 Å². The molecule has 1 aliphatic heterocycles. The molecular formula is C20H25N5O2. The van der Waals surface area contributed by atoms with E-state index in [9.17, 15) is 4.79 Å². The van der Waals surface area contributed by atoms with Gasteiger partial charge in [-0.2, -0.15) is 5.10 Å². The van der Waals surface area contributed by atoms with E-state index in [1.807, 2.05) is 34.8 Å². The Kier molecular flexibility index (Phi) is 4.70. The number of nitrogens with zero attached hydrogens (tertiary/aromatic N) is 4. The van der Waals surface area contributed by atoms with Crippen LogP contribution < -0.4 is 5.32 Å². The number of hydrogen-bond acceptors (Lipinski definition) is 5. The number of piperidine rings is 1. The molecule has 1 amide bonds. The van der Waals surface area contributed by atoms with Gasteiger partial charge in [-0.05, 0) is 51.9 Å². The van der Waals surface area contributed by atoms with Crippen molar-refractivity contribution in [3.63, 3.8) is 0 Å². The zero-order valence-corrected chi connectivity index (χ0v) is 16.0. The van der Waals surface area contributed by atoms with Crippen molar-refractivity contribution in [3.8, 4) is 11.5 Å². The third-order valence-corrected chi connectivity index (χ3v) is 5.25. The second-order valence-electron chi connectivity index (χ2n) is 7.31. The summed E-state index contributed by atoms with van der Waals surface area (Å²) in [6, 6.07) is 6.15. The summed E-state index contributed by atoms with van der Waals surface area (Å²) >= 11 is 0. The Labute approximate surface area is 158 Å². The van der Waals surface area contributed by atoms with Gasteiger partial charge in [-0.25, -0.2) is 9.67 Å². The molecular weight excluding hydrogens is 342 g/mol. The van der Waals surface area contributed by atoms with Crippen LogP contribution in [0.5, 0.6) is 0 Å². The fourth-order valence-electron chi connectivity index (χ4n) is 3.67. The Morgan fingerprint density at radius 2 is 2.11 bits per heavy atom. The van der Waals surface area contributed by atoms with Gasteiger partial charge >= 0.3 is 0 Å². The van der Waals surface area contributed by atoms with Crippen molar-refractivity contribution in [2.45, 2.75) is 38.8 Å². The third-order valence-electron chi connectivity index (χ3n) is 5.25. The monoisotopic (exact) mass is 367 g/mol. The van der Waals surface area contributed by atoms with Crippen molar-refractivity contribution in [3.05, 3.63) is 36.2 Å². The van der Waals surface area contributed by atoms with Gasteiger partial charge in [0.25, 0.3) is 5.91 Å². The number of nitrogens with one attached hydrogen (secondary N) is 1. The number of rotatable bonds is 4. The summed E-state index contributed by atoms with van der Waals surface area (Å²) in [6.45, 7) is 5.61. The van der Waals surface area contributed by atoms with Gasteiger partial charge in [0.1, 0.15) is 5.69 Å². The van der Waals surface area contributed by atoms with Crippen LogP contribution in [0.1, 0.15) is 43.1 Å². The molecule has 0 saturated carbocycles. The summed E-state index contributed by atoms with van der Waals surface area (Å²) in [7, 11) is 1.98. The first-order valence-corrected chi connectivity index (χ1v) is 9.47. The average Bonchev–Trinajstić information content (AvgIpc) is 3.36. The minimum Gasteiger partial charge on any atom is -0.463 e. The van der Waals surface area contributed by atoms with E-state index in [4.69, 9.17) is 9.40 Å². The van der Waals surface area contributed by atoms with Gasteiger partial charge < -0.3 is 14.6 Å². The van der Waals surface area contributed by atoms with E-state index in [1.165, 1.54) is 0 Å². The maximum absolute atomic E-state index is 13.3. The molecule has 0 aliphatic carbocycles. The largest absolute Gasteiger partial charge is 0.463 e. The van der Waals surface area contributed by atoms with Crippen molar-refractivity contribution < 1.29 is 9.21 Å². The second-order valence-corrected chi connectivity index (χ2v) is 7.31. The first-order valence-electron chi connectivity index (χ1n) is 9.47. The van der Waals surface area contributed by atoms with Crippen molar-refractivity contribution in [2.75, 3.05) is 20.1 Å². The van der Waals surface area contributed by atoms with E-state index in [0.717, 1.165) is 31.3 Å². The first-order chi connectivity index (χ1) is 13.1. The molecule has 4 heterocycles. The highest BCUT2D eigenvalue weighted by Gasteiger charge is 2.26. The van der Waals surface area contributed by atoms with Gasteiger partial charge in [-0.15, -0.1) is 0 Å². The summed E-state index contributed by atoms with van der Waals surface area (Å²) in [5, 5.41) is 8.57. The molecule has 7 heteroatoms. The van der Waals surface area contributed by atoms with Crippen LogP contribution in [0.15, 0.2) is 35.1 Å². The molecule has 1 fully saturated rings. The number of likely N-dealkylation sites (tertiary alicyclic amines) is 1. The quantitative estimate of drug-likeness (QED) is 0.767. The lowest BCUT2D eigenvalue weighted by Gasteiger charge is -2.32. The van der Waals surface area contributed by atoms with Gasteiger partial charge in [0.2, 0.25) is 0 Å². The highest BCUT2D eigenvalue weighted by Crippen LogP contribution is 2.28. The maximum Gasteiger partial charge on any atom is 0.254 e. The van der Waals surface area contributed by atoms with Crippen molar-refractivity contribution >= 4 is 16.9 Å². The van der Waals surface area contributed by atoms with Crippen LogP contribution in [0.25, 0.3) is 22.5 Å². The summed E-state index contributed by atoms with van der Waals surface area (Å²) in [6.07, 6.45) is 5.30. The standard InChI is InChI=1S/C20H25N5O2/c1-13(2)25-19-16(12-22-25)15(11-17(23-19)18-5-4-10-27-18)20(26)24-8-6-14(21-3)7-9-24/h4-5,10-14,21H,6-9H2,1-3H3. The topological polar surface area (TPSA) is 76.2 Å². The van der Waals surface area contributed by atoms with Gasteiger partial charge in [-0.1, -0.05) is 0 Å². The lowest BCUT2D eigenvalue weighted by molar-refractivity contribution is 0.0709. The van der Waals surface area contributed by atoms with E-state index >= 15 is 0 Å². The minimum absolute atomic E-state index is 0.0352. The Balaban J connectivity index is 1.78. The zero-order chi connectivity index (χ0) is 19.0. The van der Waals surface area contributed by atoms with Crippen LogP contribution in [0.2, 0.25) is 0 Å². The number of carbonyl (C=O) groups excluding carboxylic acids is 1. The van der Waals surface area contributed by atoms with E-state index in [-0.39, 0.29) is 11.9 Å². The molecule has 1 saturated heterocycles. The Morgan fingerprint density at radius 3 is 2.74 bits per heavy atom. The smallest absolute Gasteiger partial charge is 0.254 e. The third kappa shape index (κ3) is 3.23. The molecule has 3 aromatic rings. The van der Waals surface area contributed by atoms with Crippen molar-refractivity contribution in [1.29, 1.82) is 0 Å². The number of fused-ring (bicyclic) bond motifs is 1. The fourth-order valence-corrected chi connectivity index (χ4v) is 3.67. The molecule has 0 radical (unpaired) electrons. The van der Waals surface area contributed by atoms with Crippen LogP contribution in [-0.4, -0.2) is 51.8 Å². The molecule has 0 bridgehead atoms. The number of furan rings is 1. The van der Waals surface area contributed by atoms with Gasteiger partial charge in [0, 0.05) is 25.2 Å². The predicted molar refractivity (Wildman–Crippen MR) is 104 cm³/mol. The van der Waals surface area contributed by atoms with Crippen LogP contribution in [0.4, 0.5) is 0 Å². The molecule has 0 atom stereocenters. The van der Waals surface area contributed by atoms with Crippen LogP contribution in [-0.2, 0) is 0 Å². The van der Waals surface area contributed by atoms with Crippen molar-refractivity contribution in [2.24, 2.45) is 0 Å². The molecule has 3 aromatic heterocycles. The lowest BCUT2D eigenvalue weighted by atomic mass is 10.0. The number of carbonyl (C=O) groups is 1. The number of amides is 1. The second kappa shape index (κ2) is 7.15. The first kappa shape index (κ1) is 17.7. The van der Waals surface area contributed by atoms with Crippen LogP contribution in [0, 0.1) is 0 Å². The maximum atomic E-state index is 13.3. The van der Waals surface area contributed by atoms with Gasteiger partial charge in [-0.3, -0.25) is 4.79 Å². The molecule has 7 nitrogen and oxygen atoms in total. The summed E-state index contributed by atoms with van der Waals surface area (Å²) in [5.74, 6) is 0.685. The van der Waals surface area contributed by atoms with E-state index in [0.29, 0.717) is 28.7 Å². The number of hydrogen-bond donors (Lipinski definition) is 1. The highest BCUT2D eigenvalue weighted by molar-refractivity contribution is 6.06. The van der Waals surface area contributed by atoms with Crippen LogP contribution >= 0.6 is 0 Å². The Bertz CT molecular complexity index is 937. The molecule has 0 spiro atoms. The lowest BCUT2D eigenvalue weighted by Crippen LogP contribution is -2.44. The fraction of sp³-hybridized carbons (Fsp3) is 0.450. The average molecular weight is 367 g/mol. The van der Waals surface area contributed by atoms with Crippen LogP contribution in [0.3, 0.4) is 0 Å². The normalized spacial score (nSPS) is 15.8. The van der Waals surface area contributed by atoms with E-state index in [2.05, 4.69) is 24.3 Å². The molecule has 1 aliphatic rings.